The van der Waals surface area contributed by atoms with E-state index in [1.807, 2.05) is 19.1 Å². The van der Waals surface area contributed by atoms with E-state index in [1.165, 1.54) is 19.8 Å². The average Bonchev–Trinajstić information content (AvgIpc) is 2.65. The summed E-state index contributed by atoms with van der Waals surface area (Å²) < 4.78 is 15.6. The summed E-state index contributed by atoms with van der Waals surface area (Å²) in [5.74, 6) is 1.26. The molecule has 134 valence electrons. The van der Waals surface area contributed by atoms with Gasteiger partial charge in [-0.15, -0.1) is 0 Å². The van der Waals surface area contributed by atoms with E-state index in [1.54, 1.807) is 18.2 Å². The summed E-state index contributed by atoms with van der Waals surface area (Å²) in [6.07, 6.45) is 0.0699. The highest BCUT2D eigenvalue weighted by atomic mass is 16.6. The molecule has 0 aliphatic rings. The van der Waals surface area contributed by atoms with E-state index >= 15 is 0 Å². The SMILES string of the molecule is CCc1ccc(OCc2ccc(OC)cc2N(O)C(=O)OC)c(C)c1. The second kappa shape index (κ2) is 8.39. The Morgan fingerprint density at radius 3 is 2.52 bits per heavy atom. The van der Waals surface area contributed by atoms with Crippen molar-refractivity contribution >= 4 is 11.8 Å². The fraction of sp³-hybridized carbons (Fsp3) is 0.316. The molecule has 0 saturated carbocycles. The van der Waals surface area contributed by atoms with Gasteiger partial charge in [0.25, 0.3) is 0 Å². The van der Waals surface area contributed by atoms with Crippen molar-refractivity contribution in [2.24, 2.45) is 0 Å². The molecular weight excluding hydrogens is 322 g/mol. The van der Waals surface area contributed by atoms with Crippen molar-refractivity contribution in [3.05, 3.63) is 53.1 Å². The van der Waals surface area contributed by atoms with Crippen LogP contribution >= 0.6 is 0 Å². The Labute approximate surface area is 147 Å². The molecule has 0 saturated heterocycles. The van der Waals surface area contributed by atoms with Gasteiger partial charge in [0.2, 0.25) is 0 Å². The lowest BCUT2D eigenvalue weighted by molar-refractivity contribution is 0.140. The molecule has 1 N–H and O–H groups in total. The van der Waals surface area contributed by atoms with Crippen LogP contribution in [0.1, 0.15) is 23.6 Å². The van der Waals surface area contributed by atoms with E-state index in [4.69, 9.17) is 9.47 Å². The minimum atomic E-state index is -0.891. The van der Waals surface area contributed by atoms with E-state index in [9.17, 15) is 10.0 Å². The summed E-state index contributed by atoms with van der Waals surface area (Å²) >= 11 is 0. The maximum Gasteiger partial charge on any atom is 0.438 e. The lowest BCUT2D eigenvalue weighted by Gasteiger charge is -2.19. The number of benzene rings is 2. The van der Waals surface area contributed by atoms with Crippen molar-refractivity contribution in [3.8, 4) is 11.5 Å². The van der Waals surface area contributed by atoms with Crippen molar-refractivity contribution in [3.63, 3.8) is 0 Å². The van der Waals surface area contributed by atoms with Gasteiger partial charge in [-0.3, -0.25) is 5.21 Å². The van der Waals surface area contributed by atoms with Crippen LogP contribution in [0.5, 0.6) is 11.5 Å². The van der Waals surface area contributed by atoms with Crippen LogP contribution in [0.3, 0.4) is 0 Å². The predicted octanol–water partition coefficient (Wildman–Crippen LogP) is 4.11. The zero-order valence-electron chi connectivity index (χ0n) is 14.9. The zero-order valence-corrected chi connectivity index (χ0v) is 14.9. The predicted molar refractivity (Wildman–Crippen MR) is 94.6 cm³/mol. The maximum absolute atomic E-state index is 11.6. The molecule has 2 aromatic rings. The van der Waals surface area contributed by atoms with Crippen LogP contribution in [0, 0.1) is 6.92 Å². The molecule has 0 spiro atoms. The van der Waals surface area contributed by atoms with E-state index in [0.717, 1.165) is 17.7 Å². The number of hydrogen-bond acceptors (Lipinski definition) is 5. The summed E-state index contributed by atoms with van der Waals surface area (Å²) in [6.45, 7) is 4.26. The second-order valence-electron chi connectivity index (χ2n) is 5.52. The molecule has 2 rings (SSSR count). The van der Waals surface area contributed by atoms with Crippen molar-refractivity contribution < 1.29 is 24.2 Å². The molecule has 0 fully saturated rings. The minimum Gasteiger partial charge on any atom is -0.497 e. The highest BCUT2D eigenvalue weighted by Crippen LogP contribution is 2.28. The molecule has 6 nitrogen and oxygen atoms in total. The van der Waals surface area contributed by atoms with E-state index in [2.05, 4.69) is 17.7 Å². The van der Waals surface area contributed by atoms with Crippen LogP contribution in [0.2, 0.25) is 0 Å². The van der Waals surface area contributed by atoms with Crippen LogP contribution in [0.4, 0.5) is 10.5 Å². The molecule has 0 radical (unpaired) electrons. The number of anilines is 1. The highest BCUT2D eigenvalue weighted by molar-refractivity contribution is 5.86. The number of hydroxylamine groups is 1. The van der Waals surface area contributed by atoms with Gasteiger partial charge in [0.05, 0.1) is 19.9 Å². The largest absolute Gasteiger partial charge is 0.497 e. The Kier molecular flexibility index (Phi) is 6.25. The fourth-order valence-electron chi connectivity index (χ4n) is 2.42. The molecule has 2 aromatic carbocycles. The number of amides is 1. The van der Waals surface area contributed by atoms with Gasteiger partial charge < -0.3 is 14.2 Å². The van der Waals surface area contributed by atoms with Gasteiger partial charge in [0, 0.05) is 11.6 Å². The van der Waals surface area contributed by atoms with Gasteiger partial charge >= 0.3 is 6.09 Å². The molecule has 25 heavy (non-hydrogen) atoms. The number of carbonyl (C=O) groups is 1. The number of nitrogens with zero attached hydrogens (tertiary/aromatic N) is 1. The summed E-state index contributed by atoms with van der Waals surface area (Å²) in [5.41, 5.74) is 3.13. The minimum absolute atomic E-state index is 0.180. The summed E-state index contributed by atoms with van der Waals surface area (Å²) in [5, 5.41) is 10.5. The Balaban J connectivity index is 2.25. The van der Waals surface area contributed by atoms with Crippen LogP contribution in [0.15, 0.2) is 36.4 Å². The van der Waals surface area contributed by atoms with E-state index in [0.29, 0.717) is 16.4 Å². The summed E-state index contributed by atoms with van der Waals surface area (Å²) in [4.78, 5) is 11.6. The van der Waals surface area contributed by atoms with Crippen LogP contribution in [-0.4, -0.2) is 25.5 Å². The first-order chi connectivity index (χ1) is 12.0. The fourth-order valence-corrected chi connectivity index (χ4v) is 2.42. The third-order valence-corrected chi connectivity index (χ3v) is 3.90. The quantitative estimate of drug-likeness (QED) is 0.630. The number of aryl methyl sites for hydroxylation is 2. The van der Waals surface area contributed by atoms with Crippen LogP contribution in [0.25, 0.3) is 0 Å². The highest BCUT2D eigenvalue weighted by Gasteiger charge is 2.19. The second-order valence-corrected chi connectivity index (χ2v) is 5.52. The van der Waals surface area contributed by atoms with Gasteiger partial charge in [0.1, 0.15) is 18.1 Å². The number of ether oxygens (including phenoxy) is 3. The molecule has 0 heterocycles. The number of rotatable bonds is 6. The topological polar surface area (TPSA) is 68.2 Å². The molecule has 1 amide bonds. The van der Waals surface area contributed by atoms with Crippen molar-refractivity contribution in [1.82, 2.24) is 0 Å². The number of methoxy groups -OCH3 is 2. The third kappa shape index (κ3) is 4.42. The van der Waals surface area contributed by atoms with Gasteiger partial charge in [-0.1, -0.05) is 19.1 Å². The Bertz CT molecular complexity index is 745. The van der Waals surface area contributed by atoms with E-state index < -0.39 is 6.09 Å². The Morgan fingerprint density at radius 1 is 1.16 bits per heavy atom. The van der Waals surface area contributed by atoms with Crippen LogP contribution in [-0.2, 0) is 17.8 Å². The lowest BCUT2D eigenvalue weighted by atomic mass is 10.1. The van der Waals surface area contributed by atoms with Crippen molar-refractivity contribution in [2.75, 3.05) is 19.3 Å². The first-order valence-electron chi connectivity index (χ1n) is 7.96. The Hall–Kier alpha value is -2.73. The Morgan fingerprint density at radius 2 is 1.92 bits per heavy atom. The van der Waals surface area contributed by atoms with E-state index in [-0.39, 0.29) is 12.3 Å². The van der Waals surface area contributed by atoms with Crippen molar-refractivity contribution in [1.29, 1.82) is 0 Å². The molecule has 0 aliphatic carbocycles. The molecule has 0 bridgehead atoms. The zero-order chi connectivity index (χ0) is 18.4. The molecule has 6 heteroatoms. The molecule has 0 aromatic heterocycles. The lowest BCUT2D eigenvalue weighted by Crippen LogP contribution is -2.28. The first-order valence-corrected chi connectivity index (χ1v) is 7.96. The maximum atomic E-state index is 11.6. The molecule has 0 unspecified atom stereocenters. The van der Waals surface area contributed by atoms with Crippen molar-refractivity contribution in [2.45, 2.75) is 26.9 Å². The number of carbonyl (C=O) groups excluding carboxylic acids is 1. The molecule has 0 aliphatic heterocycles. The average molecular weight is 345 g/mol. The number of hydrogen-bond donors (Lipinski definition) is 1. The first kappa shape index (κ1) is 18.6. The van der Waals surface area contributed by atoms with Gasteiger partial charge in [-0.25, -0.2) is 4.79 Å². The van der Waals surface area contributed by atoms with Gasteiger partial charge in [-0.05, 0) is 42.7 Å². The monoisotopic (exact) mass is 345 g/mol. The summed E-state index contributed by atoms with van der Waals surface area (Å²) in [7, 11) is 2.70. The smallest absolute Gasteiger partial charge is 0.438 e. The standard InChI is InChI=1S/C19H23NO5/c1-5-14-6-9-18(13(2)10-14)25-12-15-7-8-16(23-3)11-17(15)20(22)19(21)24-4/h6-11,22H,5,12H2,1-4H3. The van der Waals surface area contributed by atoms with Gasteiger partial charge in [-0.2, -0.15) is 5.06 Å². The molecule has 0 atom stereocenters. The molecular formula is C19H23NO5. The summed E-state index contributed by atoms with van der Waals surface area (Å²) in [6, 6.07) is 11.0. The third-order valence-electron chi connectivity index (χ3n) is 3.90. The van der Waals surface area contributed by atoms with Gasteiger partial charge in [0.15, 0.2) is 0 Å². The van der Waals surface area contributed by atoms with Crippen LogP contribution < -0.4 is 14.5 Å². The normalized spacial score (nSPS) is 10.3.